The van der Waals surface area contributed by atoms with Gasteiger partial charge in [-0.1, -0.05) is 0 Å². The van der Waals surface area contributed by atoms with Crippen LogP contribution in [-0.4, -0.2) is 45.4 Å². The van der Waals surface area contributed by atoms with E-state index in [-0.39, 0.29) is 17.5 Å². The molecule has 0 spiro atoms. The van der Waals surface area contributed by atoms with Gasteiger partial charge in [0.1, 0.15) is 0 Å². The van der Waals surface area contributed by atoms with Crippen molar-refractivity contribution in [2.24, 2.45) is 0 Å². The molecule has 1 atom stereocenters. The van der Waals surface area contributed by atoms with Crippen LogP contribution in [0.5, 0.6) is 5.75 Å². The lowest BCUT2D eigenvalue weighted by Gasteiger charge is -2.23. The summed E-state index contributed by atoms with van der Waals surface area (Å²) < 4.78 is 0. The molecule has 0 saturated carbocycles. The summed E-state index contributed by atoms with van der Waals surface area (Å²) in [6, 6.07) is 3.87. The lowest BCUT2D eigenvalue weighted by atomic mass is 10.1. The standard InChI is InChI=1S/C12H14N2O4S/c1-13(9-4-5-19-7-9)12(16)8-2-3-10(14(17)18)11(15)6-8/h2-3,6,9,15H,4-5,7H2,1H3. The van der Waals surface area contributed by atoms with Gasteiger partial charge >= 0.3 is 5.69 Å². The smallest absolute Gasteiger partial charge is 0.310 e. The van der Waals surface area contributed by atoms with E-state index in [9.17, 15) is 20.0 Å². The minimum absolute atomic E-state index is 0.190. The van der Waals surface area contributed by atoms with Crippen molar-refractivity contribution in [1.29, 1.82) is 0 Å². The zero-order valence-electron chi connectivity index (χ0n) is 10.4. The summed E-state index contributed by atoms with van der Waals surface area (Å²) in [7, 11) is 1.72. The van der Waals surface area contributed by atoms with Crippen LogP contribution in [-0.2, 0) is 0 Å². The molecule has 6 nitrogen and oxygen atoms in total. The average Bonchev–Trinajstić information content (AvgIpc) is 2.90. The van der Waals surface area contributed by atoms with E-state index in [2.05, 4.69) is 0 Å². The van der Waals surface area contributed by atoms with Gasteiger partial charge in [0.05, 0.1) is 4.92 Å². The molecule has 7 heteroatoms. The normalized spacial score (nSPS) is 18.3. The first-order chi connectivity index (χ1) is 9.00. The summed E-state index contributed by atoms with van der Waals surface area (Å²) in [5, 5.41) is 20.1. The van der Waals surface area contributed by atoms with E-state index in [4.69, 9.17) is 0 Å². The Morgan fingerprint density at radius 1 is 1.58 bits per heavy atom. The van der Waals surface area contributed by atoms with Crippen molar-refractivity contribution in [2.45, 2.75) is 12.5 Å². The topological polar surface area (TPSA) is 83.7 Å². The fourth-order valence-corrected chi connectivity index (χ4v) is 3.28. The largest absolute Gasteiger partial charge is 0.502 e. The number of nitro benzene ring substituents is 1. The molecule has 0 aromatic heterocycles. The highest BCUT2D eigenvalue weighted by molar-refractivity contribution is 7.99. The molecule has 1 aliphatic heterocycles. The number of nitro groups is 1. The first-order valence-corrected chi connectivity index (χ1v) is 6.98. The zero-order valence-corrected chi connectivity index (χ0v) is 11.2. The minimum atomic E-state index is -0.680. The number of rotatable bonds is 3. The maximum Gasteiger partial charge on any atom is 0.310 e. The quantitative estimate of drug-likeness (QED) is 0.676. The molecule has 1 amide bonds. The van der Waals surface area contributed by atoms with Crippen molar-refractivity contribution in [3.63, 3.8) is 0 Å². The number of hydrogen-bond acceptors (Lipinski definition) is 5. The number of thioether (sulfide) groups is 1. The van der Waals surface area contributed by atoms with Crippen molar-refractivity contribution in [3.05, 3.63) is 33.9 Å². The number of hydrogen-bond donors (Lipinski definition) is 1. The van der Waals surface area contributed by atoms with Crippen molar-refractivity contribution in [1.82, 2.24) is 4.90 Å². The predicted molar refractivity (Wildman–Crippen MR) is 72.6 cm³/mol. The molecule has 2 rings (SSSR count). The molecule has 1 heterocycles. The van der Waals surface area contributed by atoms with Gasteiger partial charge in [-0.3, -0.25) is 14.9 Å². The molecule has 1 unspecified atom stereocenters. The highest BCUT2D eigenvalue weighted by Crippen LogP contribution is 2.28. The van der Waals surface area contributed by atoms with E-state index >= 15 is 0 Å². The SMILES string of the molecule is CN(C(=O)c1ccc([N+](=O)[O-])c(O)c1)C1CCSC1. The van der Waals surface area contributed by atoms with Crippen LogP contribution in [0.25, 0.3) is 0 Å². The summed E-state index contributed by atoms with van der Waals surface area (Å²) in [4.78, 5) is 23.8. The molecule has 19 heavy (non-hydrogen) atoms. The summed E-state index contributed by atoms with van der Waals surface area (Å²) in [6.07, 6.45) is 0.950. The highest BCUT2D eigenvalue weighted by atomic mass is 32.2. The van der Waals surface area contributed by atoms with Crippen molar-refractivity contribution >= 4 is 23.4 Å². The van der Waals surface area contributed by atoms with Crippen molar-refractivity contribution < 1.29 is 14.8 Å². The van der Waals surface area contributed by atoms with Gasteiger partial charge < -0.3 is 10.0 Å². The molecule has 1 aromatic carbocycles. The van der Waals surface area contributed by atoms with Gasteiger partial charge in [-0.2, -0.15) is 11.8 Å². The number of nitrogens with zero attached hydrogens (tertiary/aromatic N) is 2. The van der Waals surface area contributed by atoms with Crippen LogP contribution in [0.15, 0.2) is 18.2 Å². The first kappa shape index (κ1) is 13.7. The third-order valence-corrected chi connectivity index (χ3v) is 4.34. The van der Waals surface area contributed by atoms with E-state index in [1.807, 2.05) is 0 Å². The van der Waals surface area contributed by atoms with Gasteiger partial charge in [-0.05, 0) is 24.3 Å². The lowest BCUT2D eigenvalue weighted by molar-refractivity contribution is -0.385. The molecule has 0 bridgehead atoms. The molecule has 1 N–H and O–H groups in total. The van der Waals surface area contributed by atoms with Gasteiger partial charge in [0.25, 0.3) is 5.91 Å². The summed E-state index contributed by atoms with van der Waals surface area (Å²) in [5.41, 5.74) is -0.127. The van der Waals surface area contributed by atoms with Crippen LogP contribution in [0, 0.1) is 10.1 Å². The van der Waals surface area contributed by atoms with Crippen LogP contribution in [0.4, 0.5) is 5.69 Å². The monoisotopic (exact) mass is 282 g/mol. The molecule has 1 aliphatic rings. The molecule has 1 saturated heterocycles. The second-order valence-corrected chi connectivity index (χ2v) is 5.54. The summed E-state index contributed by atoms with van der Waals surface area (Å²) >= 11 is 1.80. The zero-order chi connectivity index (χ0) is 14.0. The molecular formula is C12H14N2O4S. The van der Waals surface area contributed by atoms with E-state index in [0.29, 0.717) is 0 Å². The summed E-state index contributed by atoms with van der Waals surface area (Å²) in [5.74, 6) is 1.23. The second kappa shape index (κ2) is 5.48. The van der Waals surface area contributed by atoms with Gasteiger partial charge in [0.2, 0.25) is 0 Å². The number of phenolic OH excluding ortho intramolecular Hbond substituents is 1. The molecular weight excluding hydrogens is 268 g/mol. The third kappa shape index (κ3) is 2.81. The Morgan fingerprint density at radius 3 is 2.84 bits per heavy atom. The van der Waals surface area contributed by atoms with Gasteiger partial charge in [-0.25, -0.2) is 0 Å². The summed E-state index contributed by atoms with van der Waals surface area (Å²) in [6.45, 7) is 0. The predicted octanol–water partition coefficient (Wildman–Crippen LogP) is 1.88. The lowest BCUT2D eigenvalue weighted by Crippen LogP contribution is -2.36. The third-order valence-electron chi connectivity index (χ3n) is 3.19. The number of amides is 1. The maximum absolute atomic E-state index is 12.2. The Balaban J connectivity index is 2.19. The fraction of sp³-hybridized carbons (Fsp3) is 0.417. The maximum atomic E-state index is 12.2. The van der Waals surface area contributed by atoms with Gasteiger partial charge in [-0.15, -0.1) is 0 Å². The van der Waals surface area contributed by atoms with E-state index < -0.39 is 16.4 Å². The molecule has 0 radical (unpaired) electrons. The Morgan fingerprint density at radius 2 is 2.32 bits per heavy atom. The van der Waals surface area contributed by atoms with E-state index in [1.165, 1.54) is 6.07 Å². The Hall–Kier alpha value is -1.76. The van der Waals surface area contributed by atoms with Crippen molar-refractivity contribution in [3.8, 4) is 5.75 Å². The van der Waals surface area contributed by atoms with Gasteiger partial charge in [0.15, 0.2) is 5.75 Å². The van der Waals surface area contributed by atoms with Gasteiger partial charge in [0, 0.05) is 30.5 Å². The number of carbonyl (C=O) groups is 1. The Kier molecular flexibility index (Phi) is 3.94. The molecule has 102 valence electrons. The highest BCUT2D eigenvalue weighted by Gasteiger charge is 2.25. The van der Waals surface area contributed by atoms with Crippen LogP contribution in [0.2, 0.25) is 0 Å². The van der Waals surface area contributed by atoms with Crippen molar-refractivity contribution in [2.75, 3.05) is 18.6 Å². The van der Waals surface area contributed by atoms with E-state index in [1.54, 1.807) is 23.7 Å². The number of benzene rings is 1. The molecule has 1 aromatic rings. The molecule has 0 aliphatic carbocycles. The average molecular weight is 282 g/mol. The second-order valence-electron chi connectivity index (χ2n) is 4.39. The number of phenols is 1. The first-order valence-electron chi connectivity index (χ1n) is 5.83. The Bertz CT molecular complexity index is 514. The van der Waals surface area contributed by atoms with Crippen LogP contribution in [0.1, 0.15) is 16.8 Å². The molecule has 1 fully saturated rings. The Labute approximate surface area is 114 Å². The number of aromatic hydroxyl groups is 1. The van der Waals surface area contributed by atoms with Crippen LogP contribution >= 0.6 is 11.8 Å². The van der Waals surface area contributed by atoms with Crippen LogP contribution < -0.4 is 0 Å². The van der Waals surface area contributed by atoms with Crippen LogP contribution in [0.3, 0.4) is 0 Å². The minimum Gasteiger partial charge on any atom is -0.502 e. The van der Waals surface area contributed by atoms with E-state index in [0.717, 1.165) is 30.1 Å². The fourth-order valence-electron chi connectivity index (χ4n) is 2.01. The number of carbonyl (C=O) groups excluding carboxylic acids is 1.